The van der Waals surface area contributed by atoms with Crippen LogP contribution < -0.4 is 16.4 Å². The van der Waals surface area contributed by atoms with E-state index in [4.69, 9.17) is 11.0 Å². The van der Waals surface area contributed by atoms with Gasteiger partial charge < -0.3 is 16.4 Å². The van der Waals surface area contributed by atoms with Crippen molar-refractivity contribution in [1.29, 1.82) is 10.5 Å². The maximum atomic E-state index is 14.3. The average molecular weight is 590 g/mol. The SMILES string of the molecule is C/C=C(\N[C@@H](c1ccc(-c2ccc(C3(C(N)=O)CC3)cc2)cc1)C(F)(F)F)C(=O)N[C@H](C#N)Cc1ccc(C#N)cc1F. The second-order valence-corrected chi connectivity index (χ2v) is 10.2. The fourth-order valence-corrected chi connectivity index (χ4v) is 4.81. The maximum absolute atomic E-state index is 14.3. The molecule has 1 aliphatic carbocycles. The quantitative estimate of drug-likeness (QED) is 0.220. The molecule has 4 rings (SSSR count). The summed E-state index contributed by atoms with van der Waals surface area (Å²) in [5.41, 5.74) is 6.64. The molecule has 3 aromatic rings. The van der Waals surface area contributed by atoms with E-state index in [-0.39, 0.29) is 29.0 Å². The molecule has 0 aromatic heterocycles. The number of nitrogens with one attached hydrogen (secondary N) is 2. The van der Waals surface area contributed by atoms with E-state index >= 15 is 0 Å². The number of benzene rings is 3. The number of alkyl halides is 3. The van der Waals surface area contributed by atoms with Crippen molar-refractivity contribution in [2.75, 3.05) is 0 Å². The smallest absolute Gasteiger partial charge is 0.369 e. The molecule has 7 nitrogen and oxygen atoms in total. The second kappa shape index (κ2) is 12.4. The molecule has 0 aliphatic heterocycles. The molecule has 1 saturated carbocycles. The zero-order chi connectivity index (χ0) is 31.4. The van der Waals surface area contributed by atoms with E-state index in [9.17, 15) is 32.4 Å². The lowest BCUT2D eigenvalue weighted by Gasteiger charge is -2.25. The summed E-state index contributed by atoms with van der Waals surface area (Å²) in [6.45, 7) is 1.37. The van der Waals surface area contributed by atoms with E-state index in [0.717, 1.165) is 23.3 Å². The van der Waals surface area contributed by atoms with Gasteiger partial charge in [-0.3, -0.25) is 9.59 Å². The normalized spacial score (nSPS) is 15.4. The van der Waals surface area contributed by atoms with Crippen LogP contribution in [-0.4, -0.2) is 24.0 Å². The van der Waals surface area contributed by atoms with Crippen molar-refractivity contribution >= 4 is 11.8 Å². The fourth-order valence-electron chi connectivity index (χ4n) is 4.81. The van der Waals surface area contributed by atoms with E-state index in [1.165, 1.54) is 43.3 Å². The Hall–Kier alpha value is -5.16. The number of nitrogens with zero attached hydrogens (tertiary/aromatic N) is 2. The van der Waals surface area contributed by atoms with Gasteiger partial charge in [0, 0.05) is 6.42 Å². The number of carbonyl (C=O) groups excluding carboxylic acids is 2. The number of halogens is 4. The van der Waals surface area contributed by atoms with Crippen LogP contribution >= 0.6 is 0 Å². The highest BCUT2D eigenvalue weighted by molar-refractivity contribution is 5.93. The number of primary amides is 1. The van der Waals surface area contributed by atoms with Crippen LogP contribution in [0, 0.1) is 28.5 Å². The van der Waals surface area contributed by atoms with Gasteiger partial charge in [-0.25, -0.2) is 4.39 Å². The van der Waals surface area contributed by atoms with E-state index in [2.05, 4.69) is 10.6 Å². The molecule has 0 bridgehead atoms. The predicted octanol–water partition coefficient (Wildman–Crippen LogP) is 5.23. The Labute approximate surface area is 245 Å². The molecule has 2 atom stereocenters. The van der Waals surface area contributed by atoms with Crippen molar-refractivity contribution in [1.82, 2.24) is 10.6 Å². The van der Waals surface area contributed by atoms with Gasteiger partial charge in [0.2, 0.25) is 5.91 Å². The van der Waals surface area contributed by atoms with Gasteiger partial charge in [-0.2, -0.15) is 23.7 Å². The fraction of sp³-hybridized carbons (Fsp3) is 0.250. The third-order valence-corrected chi connectivity index (χ3v) is 7.46. The average Bonchev–Trinajstić information content (AvgIpc) is 3.80. The number of carbonyl (C=O) groups is 2. The molecule has 43 heavy (non-hydrogen) atoms. The highest BCUT2D eigenvalue weighted by Gasteiger charge is 2.49. The molecule has 0 unspecified atom stereocenters. The molecular weight excluding hydrogens is 562 g/mol. The number of hydrogen-bond donors (Lipinski definition) is 3. The Bertz CT molecular complexity index is 1630. The van der Waals surface area contributed by atoms with Gasteiger partial charge in [0.25, 0.3) is 5.91 Å². The largest absolute Gasteiger partial charge is 0.412 e. The number of hydrogen-bond acceptors (Lipinski definition) is 5. The summed E-state index contributed by atoms with van der Waals surface area (Å²) < 4.78 is 56.8. The van der Waals surface area contributed by atoms with Crippen LogP contribution in [0.3, 0.4) is 0 Å². The Balaban J connectivity index is 1.47. The van der Waals surface area contributed by atoms with Gasteiger partial charge in [-0.1, -0.05) is 60.7 Å². The van der Waals surface area contributed by atoms with E-state index in [1.54, 1.807) is 30.3 Å². The number of amides is 2. The standard InChI is InChI=1S/C32H27F4N5O2/c1-2-27(29(42)40-25(18-38)16-23-4-3-19(17-37)15-26(23)33)41-28(32(34,35)36)22-7-5-20(6-8-22)21-9-11-24(12-10-21)31(13-14-31)30(39)43/h2-12,15,25,28,41H,13-14,16H2,1H3,(H2,39,43)(H,40,42)/b27-2-/t25-,28-/m0/s1. The van der Waals surface area contributed by atoms with Crippen LogP contribution in [0.1, 0.15) is 48.1 Å². The molecule has 3 aromatic carbocycles. The lowest BCUT2D eigenvalue weighted by Crippen LogP contribution is -2.42. The zero-order valence-electron chi connectivity index (χ0n) is 23.0. The molecule has 0 radical (unpaired) electrons. The summed E-state index contributed by atoms with van der Waals surface area (Å²) >= 11 is 0. The highest BCUT2D eigenvalue weighted by atomic mass is 19.4. The third-order valence-electron chi connectivity index (χ3n) is 7.46. The maximum Gasteiger partial charge on any atom is 0.412 e. The van der Waals surface area contributed by atoms with Crippen LogP contribution in [0.4, 0.5) is 17.6 Å². The van der Waals surface area contributed by atoms with Crippen LogP contribution in [0.25, 0.3) is 11.1 Å². The first-order valence-electron chi connectivity index (χ1n) is 13.3. The monoisotopic (exact) mass is 589 g/mol. The first-order valence-corrected chi connectivity index (χ1v) is 13.3. The molecule has 1 aliphatic rings. The Morgan fingerprint density at radius 1 is 1.00 bits per heavy atom. The van der Waals surface area contributed by atoms with Crippen molar-refractivity contribution < 1.29 is 27.2 Å². The molecule has 0 spiro atoms. The van der Waals surface area contributed by atoms with Crippen molar-refractivity contribution in [2.45, 2.75) is 49.9 Å². The number of rotatable bonds is 10. The molecule has 1 fully saturated rings. The van der Waals surface area contributed by atoms with Crippen molar-refractivity contribution in [3.05, 3.63) is 107 Å². The first kappa shape index (κ1) is 30.8. The number of nitriles is 2. The number of allylic oxidation sites excluding steroid dienone is 1. The van der Waals surface area contributed by atoms with E-state index in [1.807, 2.05) is 6.07 Å². The predicted molar refractivity (Wildman–Crippen MR) is 150 cm³/mol. The summed E-state index contributed by atoms with van der Waals surface area (Å²) in [6.07, 6.45) is -2.53. The molecule has 2 amide bonds. The van der Waals surface area contributed by atoms with Gasteiger partial charge in [0.05, 0.1) is 28.8 Å². The van der Waals surface area contributed by atoms with Crippen molar-refractivity contribution in [3.63, 3.8) is 0 Å². The van der Waals surface area contributed by atoms with Gasteiger partial charge in [0.1, 0.15) is 17.9 Å². The van der Waals surface area contributed by atoms with Gasteiger partial charge >= 0.3 is 6.18 Å². The molecule has 220 valence electrons. The Morgan fingerprint density at radius 2 is 1.60 bits per heavy atom. The van der Waals surface area contributed by atoms with Crippen molar-refractivity contribution in [3.8, 4) is 23.3 Å². The minimum atomic E-state index is -4.79. The van der Waals surface area contributed by atoms with Crippen LogP contribution in [-0.2, 0) is 21.4 Å². The summed E-state index contributed by atoms with van der Waals surface area (Å²) in [6, 6.07) is 16.6. The van der Waals surface area contributed by atoms with Crippen LogP contribution in [0.5, 0.6) is 0 Å². The minimum Gasteiger partial charge on any atom is -0.369 e. The first-order chi connectivity index (χ1) is 20.4. The van der Waals surface area contributed by atoms with Gasteiger partial charge in [0.15, 0.2) is 0 Å². The van der Waals surface area contributed by atoms with Gasteiger partial charge in [-0.05, 0) is 59.7 Å². The lowest BCUT2D eigenvalue weighted by molar-refractivity contribution is -0.156. The molecule has 4 N–H and O–H groups in total. The highest BCUT2D eigenvalue weighted by Crippen LogP contribution is 2.48. The molecule has 0 saturated heterocycles. The van der Waals surface area contributed by atoms with Gasteiger partial charge in [-0.15, -0.1) is 0 Å². The van der Waals surface area contributed by atoms with Crippen molar-refractivity contribution in [2.24, 2.45) is 5.73 Å². The minimum absolute atomic E-state index is 0.0589. The third kappa shape index (κ3) is 6.84. The van der Waals surface area contributed by atoms with E-state index in [0.29, 0.717) is 18.4 Å². The molecule has 11 heteroatoms. The topological polar surface area (TPSA) is 132 Å². The zero-order valence-corrected chi connectivity index (χ0v) is 23.0. The lowest BCUT2D eigenvalue weighted by atomic mass is 9.93. The number of nitrogens with two attached hydrogens (primary N) is 1. The Kier molecular flexibility index (Phi) is 8.86. The molecule has 0 heterocycles. The summed E-state index contributed by atoms with van der Waals surface area (Å²) in [5.74, 6) is -2.10. The Morgan fingerprint density at radius 3 is 2.07 bits per heavy atom. The van der Waals surface area contributed by atoms with Crippen LogP contribution in [0.15, 0.2) is 78.5 Å². The summed E-state index contributed by atoms with van der Waals surface area (Å²) in [5, 5.41) is 22.9. The summed E-state index contributed by atoms with van der Waals surface area (Å²) in [7, 11) is 0. The molecular formula is C32H27F4N5O2. The van der Waals surface area contributed by atoms with Crippen LogP contribution in [0.2, 0.25) is 0 Å². The second-order valence-electron chi connectivity index (χ2n) is 10.2. The van der Waals surface area contributed by atoms with E-state index < -0.39 is 41.1 Å². The summed E-state index contributed by atoms with van der Waals surface area (Å²) in [4.78, 5) is 24.7.